The largest absolute Gasteiger partial charge is 0.480 e. The van der Waals surface area contributed by atoms with Crippen LogP contribution in [0.3, 0.4) is 0 Å². The van der Waals surface area contributed by atoms with Crippen LogP contribution in [0.25, 0.3) is 0 Å². The predicted octanol–water partition coefficient (Wildman–Crippen LogP) is -2.50. The van der Waals surface area contributed by atoms with E-state index in [2.05, 4.69) is 16.0 Å². The molecule has 0 spiro atoms. The summed E-state index contributed by atoms with van der Waals surface area (Å²) < 4.78 is 0. The van der Waals surface area contributed by atoms with E-state index in [1.807, 2.05) is 6.26 Å². The molecular weight excluding hydrogens is 488 g/mol. The van der Waals surface area contributed by atoms with Crippen molar-refractivity contribution in [3.05, 3.63) is 0 Å². The molecule has 0 fully saturated rings. The van der Waals surface area contributed by atoms with Crippen LogP contribution in [0.4, 0.5) is 0 Å². The van der Waals surface area contributed by atoms with Crippen molar-refractivity contribution >= 4 is 59.0 Å². The summed E-state index contributed by atoms with van der Waals surface area (Å²) in [5.74, 6) is -4.23. The Kier molecular flexibility index (Phi) is 15.7. The zero-order chi connectivity index (χ0) is 26.3. The fraction of sp³-hybridized carbons (Fsp3) is 0.684. The van der Waals surface area contributed by atoms with Crippen molar-refractivity contribution < 1.29 is 33.9 Å². The number of primary amides is 2. The zero-order valence-electron chi connectivity index (χ0n) is 19.2. The first-order valence-electron chi connectivity index (χ1n) is 10.4. The number of thioether (sulfide) groups is 2. The van der Waals surface area contributed by atoms with E-state index in [1.165, 1.54) is 23.5 Å². The number of hydrogen-bond donors (Lipinski definition) is 7. The minimum absolute atomic E-state index is 0.130. The van der Waals surface area contributed by atoms with Gasteiger partial charge >= 0.3 is 5.97 Å². The van der Waals surface area contributed by atoms with Crippen LogP contribution in [-0.4, -0.2) is 88.8 Å². The molecule has 194 valence electrons. The summed E-state index contributed by atoms with van der Waals surface area (Å²) in [6.45, 7) is 0. The van der Waals surface area contributed by atoms with E-state index in [-0.39, 0.29) is 19.3 Å². The lowest BCUT2D eigenvalue weighted by molar-refractivity contribution is -0.142. The van der Waals surface area contributed by atoms with E-state index in [0.717, 1.165) is 0 Å². The minimum Gasteiger partial charge on any atom is -0.480 e. The second-order valence-electron chi connectivity index (χ2n) is 7.37. The van der Waals surface area contributed by atoms with Gasteiger partial charge in [-0.3, -0.25) is 24.0 Å². The maximum absolute atomic E-state index is 12.8. The van der Waals surface area contributed by atoms with Gasteiger partial charge in [0.05, 0.1) is 12.5 Å². The number of rotatable bonds is 18. The average molecular weight is 523 g/mol. The third-order valence-corrected chi connectivity index (χ3v) is 5.83. The third-order valence-electron chi connectivity index (χ3n) is 4.55. The zero-order valence-corrected chi connectivity index (χ0v) is 20.8. The molecular formula is C19H34N6O7S2. The lowest BCUT2D eigenvalue weighted by Gasteiger charge is -2.24. The average Bonchev–Trinajstić information content (AvgIpc) is 2.75. The van der Waals surface area contributed by atoms with E-state index in [9.17, 15) is 33.9 Å². The Hall–Kier alpha value is -2.52. The van der Waals surface area contributed by atoms with E-state index in [0.29, 0.717) is 17.9 Å². The van der Waals surface area contributed by atoms with Crippen molar-refractivity contribution in [3.63, 3.8) is 0 Å². The first-order valence-corrected chi connectivity index (χ1v) is 13.2. The Morgan fingerprint density at radius 3 is 1.74 bits per heavy atom. The van der Waals surface area contributed by atoms with E-state index in [1.54, 1.807) is 6.26 Å². The highest BCUT2D eigenvalue weighted by atomic mass is 32.2. The van der Waals surface area contributed by atoms with Gasteiger partial charge in [0.2, 0.25) is 29.5 Å². The Labute approximate surface area is 206 Å². The van der Waals surface area contributed by atoms with Crippen molar-refractivity contribution in [2.45, 2.75) is 56.3 Å². The highest BCUT2D eigenvalue weighted by Gasteiger charge is 2.31. The molecule has 0 rings (SSSR count). The molecule has 0 bridgehead atoms. The molecule has 15 heteroatoms. The molecule has 34 heavy (non-hydrogen) atoms. The van der Waals surface area contributed by atoms with Crippen LogP contribution in [0.1, 0.15) is 32.1 Å². The van der Waals surface area contributed by atoms with Gasteiger partial charge in [0.15, 0.2) is 0 Å². The molecule has 0 aliphatic carbocycles. The second kappa shape index (κ2) is 17.0. The molecule has 0 aromatic heterocycles. The van der Waals surface area contributed by atoms with Crippen LogP contribution >= 0.6 is 23.5 Å². The number of aliphatic carboxylic acids is 1. The number of nitrogens with one attached hydrogen (secondary N) is 3. The van der Waals surface area contributed by atoms with E-state index in [4.69, 9.17) is 17.2 Å². The van der Waals surface area contributed by atoms with Gasteiger partial charge in [-0.15, -0.1) is 0 Å². The summed E-state index contributed by atoms with van der Waals surface area (Å²) in [4.78, 5) is 71.7. The fourth-order valence-corrected chi connectivity index (χ4v) is 3.62. The number of carbonyl (C=O) groups excluding carboxylic acids is 5. The lowest BCUT2D eigenvalue weighted by atomic mass is 10.1. The maximum Gasteiger partial charge on any atom is 0.326 e. The molecule has 5 amide bonds. The maximum atomic E-state index is 12.8. The number of amides is 5. The SMILES string of the molecule is CSCCC(N)C(=O)NC(CC(N)=O)C(=O)NC(CCSC)C(=O)NC(CCC(N)=O)C(=O)O. The molecule has 10 N–H and O–H groups in total. The highest BCUT2D eigenvalue weighted by molar-refractivity contribution is 7.98. The number of hydrogen-bond acceptors (Lipinski definition) is 9. The van der Waals surface area contributed by atoms with E-state index >= 15 is 0 Å². The first-order chi connectivity index (χ1) is 15.9. The quantitative estimate of drug-likeness (QED) is 0.0998. The summed E-state index contributed by atoms with van der Waals surface area (Å²) in [6, 6.07) is -4.86. The molecule has 0 radical (unpaired) electrons. The van der Waals surface area contributed by atoms with Gasteiger partial charge in [-0.25, -0.2) is 4.79 Å². The smallest absolute Gasteiger partial charge is 0.326 e. The van der Waals surface area contributed by atoms with Gasteiger partial charge in [0.1, 0.15) is 18.1 Å². The van der Waals surface area contributed by atoms with Crippen molar-refractivity contribution in [1.29, 1.82) is 0 Å². The Morgan fingerprint density at radius 1 is 0.735 bits per heavy atom. The third kappa shape index (κ3) is 13.3. The molecule has 0 aromatic carbocycles. The van der Waals surface area contributed by atoms with Gasteiger partial charge in [-0.1, -0.05) is 0 Å². The van der Waals surface area contributed by atoms with Crippen molar-refractivity contribution in [1.82, 2.24) is 16.0 Å². The molecule has 0 heterocycles. The molecule has 0 aliphatic rings. The molecule has 4 unspecified atom stereocenters. The summed E-state index contributed by atoms with van der Waals surface area (Å²) in [5, 5.41) is 16.4. The monoisotopic (exact) mass is 522 g/mol. The van der Waals surface area contributed by atoms with Gasteiger partial charge in [0.25, 0.3) is 0 Å². The van der Waals surface area contributed by atoms with Gasteiger partial charge in [0, 0.05) is 6.42 Å². The molecule has 0 saturated carbocycles. The summed E-state index contributed by atoms with van der Waals surface area (Å²) in [6.07, 6.45) is 3.08. The fourth-order valence-electron chi connectivity index (χ4n) is 2.66. The van der Waals surface area contributed by atoms with Crippen LogP contribution in [0.5, 0.6) is 0 Å². The normalized spacial score (nSPS) is 14.2. The van der Waals surface area contributed by atoms with Gasteiger partial charge in [-0.2, -0.15) is 23.5 Å². The minimum atomic E-state index is -1.40. The summed E-state index contributed by atoms with van der Waals surface area (Å²) >= 11 is 2.87. The van der Waals surface area contributed by atoms with Crippen molar-refractivity contribution in [2.24, 2.45) is 17.2 Å². The lowest BCUT2D eigenvalue weighted by Crippen LogP contribution is -2.57. The Bertz CT molecular complexity index is 740. The van der Waals surface area contributed by atoms with Crippen molar-refractivity contribution in [3.8, 4) is 0 Å². The van der Waals surface area contributed by atoms with Crippen LogP contribution in [-0.2, 0) is 28.8 Å². The van der Waals surface area contributed by atoms with E-state index < -0.39 is 66.1 Å². The van der Waals surface area contributed by atoms with Crippen molar-refractivity contribution in [2.75, 3.05) is 24.0 Å². The molecule has 4 atom stereocenters. The van der Waals surface area contributed by atoms with Crippen LogP contribution < -0.4 is 33.2 Å². The molecule has 0 aromatic rings. The number of carbonyl (C=O) groups is 6. The number of carboxylic acids is 1. The highest BCUT2D eigenvalue weighted by Crippen LogP contribution is 2.06. The van der Waals surface area contributed by atoms with Crippen LogP contribution in [0, 0.1) is 0 Å². The number of nitrogens with two attached hydrogens (primary N) is 3. The standard InChI is InChI=1S/C19H34N6O7S2/c1-33-7-5-10(20)16(28)25-13(9-15(22)27)18(30)23-11(6-8-34-2)17(29)24-12(19(31)32)3-4-14(21)26/h10-13H,3-9,20H2,1-2H3,(H2,21,26)(H2,22,27)(H,23,30)(H,24,29)(H,25,28)(H,31,32). The van der Waals surface area contributed by atoms with Gasteiger partial charge in [-0.05, 0) is 43.3 Å². The summed E-state index contributed by atoms with van der Waals surface area (Å²) in [5.41, 5.74) is 16.0. The molecule has 13 nitrogen and oxygen atoms in total. The van der Waals surface area contributed by atoms with Crippen LogP contribution in [0.15, 0.2) is 0 Å². The van der Waals surface area contributed by atoms with Gasteiger partial charge < -0.3 is 38.3 Å². The molecule has 0 aliphatic heterocycles. The summed E-state index contributed by atoms with van der Waals surface area (Å²) in [7, 11) is 0. The predicted molar refractivity (Wildman–Crippen MR) is 130 cm³/mol. The molecule has 0 saturated heterocycles. The number of carboxylic acid groups (broad SMARTS) is 1. The second-order valence-corrected chi connectivity index (χ2v) is 9.34. The topological polar surface area (TPSA) is 237 Å². The Morgan fingerprint density at radius 2 is 1.24 bits per heavy atom. The Balaban J connectivity index is 5.44. The van der Waals surface area contributed by atoms with Crippen LogP contribution in [0.2, 0.25) is 0 Å². The first kappa shape index (κ1) is 31.5.